The summed E-state index contributed by atoms with van der Waals surface area (Å²) in [6, 6.07) is 9.86. The number of hydrogen-bond donors (Lipinski definition) is 0. The molecule has 5 rings (SSSR count). The van der Waals surface area contributed by atoms with Gasteiger partial charge in [0, 0.05) is 6.42 Å². The molecule has 0 radical (unpaired) electrons. The summed E-state index contributed by atoms with van der Waals surface area (Å²) in [5.41, 5.74) is 1.14. The maximum absolute atomic E-state index is 12.9. The molecule has 4 heterocycles. The summed E-state index contributed by atoms with van der Waals surface area (Å²) in [5, 5.41) is 6.65. The second-order valence-electron chi connectivity index (χ2n) is 6.68. The van der Waals surface area contributed by atoms with Crippen molar-refractivity contribution in [2.75, 3.05) is 0 Å². The molecule has 0 aliphatic carbocycles. The smallest absolute Gasteiger partial charge is 0.328 e. The Morgan fingerprint density at radius 1 is 1.07 bits per heavy atom. The summed E-state index contributed by atoms with van der Waals surface area (Å²) in [6.45, 7) is 1.36. The Kier molecular flexibility index (Phi) is 4.03. The van der Waals surface area contributed by atoms with E-state index in [2.05, 4.69) is 5.10 Å². The van der Waals surface area contributed by atoms with Crippen molar-refractivity contribution < 1.29 is 19.2 Å². The van der Waals surface area contributed by atoms with Crippen molar-refractivity contribution in [2.45, 2.75) is 19.9 Å². The van der Waals surface area contributed by atoms with Crippen LogP contribution in [0.25, 0.3) is 15.7 Å². The maximum atomic E-state index is 12.9. The molecule has 0 spiro atoms. The molecule has 1 aliphatic rings. The predicted molar refractivity (Wildman–Crippen MR) is 107 cm³/mol. The lowest BCUT2D eigenvalue weighted by Gasteiger charge is -2.14. The van der Waals surface area contributed by atoms with E-state index in [9.17, 15) is 19.2 Å². The first kappa shape index (κ1) is 18.3. The molecule has 0 saturated heterocycles. The fourth-order valence-electron chi connectivity index (χ4n) is 3.56. The number of thiophene rings is 1. The molecule has 0 atom stereocenters. The van der Waals surface area contributed by atoms with Gasteiger partial charge in [-0.05, 0) is 29.6 Å². The fourth-order valence-corrected chi connectivity index (χ4v) is 4.36. The second kappa shape index (κ2) is 6.63. The highest BCUT2D eigenvalue weighted by Gasteiger charge is 2.38. The average molecular weight is 422 g/mol. The SMILES string of the molecule is CCc1nn(CC(=O)ON2C(=O)c3ccccc3C2=O)c(=O)c2cc3sccc3n12. The molecule has 0 unspecified atom stereocenters. The van der Waals surface area contributed by atoms with Crippen LogP contribution in [0.4, 0.5) is 0 Å². The van der Waals surface area contributed by atoms with E-state index in [1.54, 1.807) is 22.6 Å². The van der Waals surface area contributed by atoms with Crippen LogP contribution in [0, 0.1) is 0 Å². The third kappa shape index (κ3) is 2.57. The first-order valence-electron chi connectivity index (χ1n) is 9.17. The third-order valence-electron chi connectivity index (χ3n) is 4.92. The normalized spacial score (nSPS) is 13.4. The first-order chi connectivity index (χ1) is 14.5. The number of fused-ring (bicyclic) bond motifs is 4. The average Bonchev–Trinajstić information content (AvgIpc) is 3.40. The summed E-state index contributed by atoms with van der Waals surface area (Å²) in [4.78, 5) is 55.0. The van der Waals surface area contributed by atoms with E-state index in [4.69, 9.17) is 4.84 Å². The van der Waals surface area contributed by atoms with Crippen LogP contribution in [0.2, 0.25) is 0 Å². The third-order valence-corrected chi connectivity index (χ3v) is 5.77. The van der Waals surface area contributed by atoms with Crippen molar-refractivity contribution >= 4 is 44.9 Å². The van der Waals surface area contributed by atoms with Gasteiger partial charge in [0.1, 0.15) is 17.9 Å². The van der Waals surface area contributed by atoms with Gasteiger partial charge in [0.15, 0.2) is 0 Å². The zero-order valence-corrected chi connectivity index (χ0v) is 16.5. The van der Waals surface area contributed by atoms with Gasteiger partial charge in [-0.25, -0.2) is 9.48 Å². The Morgan fingerprint density at radius 2 is 1.77 bits per heavy atom. The number of carbonyl (C=O) groups is 3. The lowest BCUT2D eigenvalue weighted by atomic mass is 10.1. The summed E-state index contributed by atoms with van der Waals surface area (Å²) in [7, 11) is 0. The zero-order valence-electron chi connectivity index (χ0n) is 15.7. The van der Waals surface area contributed by atoms with Crippen LogP contribution in [-0.4, -0.2) is 37.0 Å². The molecule has 10 heteroatoms. The molecule has 2 amide bonds. The predicted octanol–water partition coefficient (Wildman–Crippen LogP) is 2.03. The van der Waals surface area contributed by atoms with Gasteiger partial charge in [0.25, 0.3) is 17.4 Å². The number of amides is 2. The Morgan fingerprint density at radius 3 is 2.43 bits per heavy atom. The monoisotopic (exact) mass is 422 g/mol. The van der Waals surface area contributed by atoms with Crippen molar-refractivity contribution in [3.63, 3.8) is 0 Å². The van der Waals surface area contributed by atoms with Gasteiger partial charge >= 0.3 is 5.97 Å². The lowest BCUT2D eigenvalue weighted by Crippen LogP contribution is -2.36. The van der Waals surface area contributed by atoms with E-state index in [1.807, 2.05) is 18.4 Å². The van der Waals surface area contributed by atoms with Gasteiger partial charge in [-0.2, -0.15) is 5.10 Å². The van der Waals surface area contributed by atoms with Gasteiger partial charge in [0.05, 0.1) is 21.3 Å². The number of benzene rings is 1. The zero-order chi connectivity index (χ0) is 21.0. The minimum atomic E-state index is -0.945. The van der Waals surface area contributed by atoms with Crippen LogP contribution in [0.15, 0.2) is 46.6 Å². The fraction of sp³-hybridized carbons (Fsp3) is 0.150. The molecule has 1 aliphatic heterocycles. The highest BCUT2D eigenvalue weighted by molar-refractivity contribution is 7.17. The van der Waals surface area contributed by atoms with Crippen LogP contribution in [0.1, 0.15) is 33.5 Å². The van der Waals surface area contributed by atoms with Gasteiger partial charge in [-0.1, -0.05) is 24.1 Å². The minimum absolute atomic E-state index is 0.161. The topological polar surface area (TPSA) is 103 Å². The van der Waals surface area contributed by atoms with E-state index in [1.165, 1.54) is 23.5 Å². The van der Waals surface area contributed by atoms with E-state index in [0.29, 0.717) is 22.8 Å². The van der Waals surface area contributed by atoms with E-state index < -0.39 is 29.9 Å². The molecule has 3 aromatic heterocycles. The molecule has 30 heavy (non-hydrogen) atoms. The first-order valence-corrected chi connectivity index (χ1v) is 10.0. The van der Waals surface area contributed by atoms with E-state index in [-0.39, 0.29) is 11.1 Å². The maximum Gasteiger partial charge on any atom is 0.354 e. The van der Waals surface area contributed by atoms with Crippen molar-refractivity contribution in [1.29, 1.82) is 0 Å². The largest absolute Gasteiger partial charge is 0.354 e. The van der Waals surface area contributed by atoms with Crippen LogP contribution in [0.5, 0.6) is 0 Å². The quantitative estimate of drug-likeness (QED) is 0.466. The van der Waals surface area contributed by atoms with E-state index >= 15 is 0 Å². The number of aromatic nitrogens is 3. The standard InChI is InChI=1S/C20H14N4O5S/c1-2-16-21-22(20(28)14-9-15-13(23(14)16)7-8-30-15)10-17(25)29-24-18(26)11-5-3-4-6-12(11)19(24)27/h3-9H,2,10H2,1H3. The number of rotatable bonds is 4. The summed E-state index contributed by atoms with van der Waals surface area (Å²) >= 11 is 1.51. The number of carbonyl (C=O) groups excluding carboxylic acids is 3. The minimum Gasteiger partial charge on any atom is -0.328 e. The van der Waals surface area contributed by atoms with Gasteiger partial charge in [0.2, 0.25) is 0 Å². The molecule has 0 bridgehead atoms. The van der Waals surface area contributed by atoms with Crippen molar-refractivity contribution in [3.8, 4) is 0 Å². The van der Waals surface area contributed by atoms with Crippen LogP contribution >= 0.6 is 11.3 Å². The van der Waals surface area contributed by atoms with E-state index in [0.717, 1.165) is 14.9 Å². The molecular weight excluding hydrogens is 408 g/mol. The Hall–Kier alpha value is -3.79. The molecule has 4 aromatic rings. The molecule has 0 N–H and O–H groups in total. The molecule has 0 fully saturated rings. The van der Waals surface area contributed by atoms with Gasteiger partial charge in [-0.3, -0.25) is 18.8 Å². The van der Waals surface area contributed by atoms with Crippen LogP contribution in [0.3, 0.4) is 0 Å². The van der Waals surface area contributed by atoms with Crippen molar-refractivity contribution in [2.24, 2.45) is 0 Å². The van der Waals surface area contributed by atoms with Gasteiger partial charge < -0.3 is 4.84 Å². The molecule has 1 aromatic carbocycles. The number of imide groups is 1. The molecule has 9 nitrogen and oxygen atoms in total. The summed E-state index contributed by atoms with van der Waals surface area (Å²) in [6.07, 6.45) is 0.532. The lowest BCUT2D eigenvalue weighted by molar-refractivity contribution is -0.169. The number of hydrogen-bond acceptors (Lipinski definition) is 7. The molecule has 0 saturated carbocycles. The Bertz CT molecular complexity index is 1400. The second-order valence-corrected chi connectivity index (χ2v) is 7.63. The Balaban J connectivity index is 1.45. The van der Waals surface area contributed by atoms with Crippen molar-refractivity contribution in [1.82, 2.24) is 19.2 Å². The van der Waals surface area contributed by atoms with Gasteiger partial charge in [-0.15, -0.1) is 11.3 Å². The highest BCUT2D eigenvalue weighted by Crippen LogP contribution is 2.25. The number of nitrogens with zero attached hydrogens (tertiary/aromatic N) is 4. The molecule has 150 valence electrons. The number of hydroxylamine groups is 2. The molecular formula is C20H14N4O5S. The van der Waals surface area contributed by atoms with Crippen LogP contribution in [-0.2, 0) is 22.6 Å². The highest BCUT2D eigenvalue weighted by atomic mass is 32.1. The number of aryl methyl sites for hydroxylation is 1. The van der Waals surface area contributed by atoms with Crippen molar-refractivity contribution in [3.05, 3.63) is 69.1 Å². The van der Waals surface area contributed by atoms with Crippen LogP contribution < -0.4 is 5.56 Å². The Labute approximate surface area is 172 Å². The summed E-state index contributed by atoms with van der Waals surface area (Å²) in [5.74, 6) is -1.79. The summed E-state index contributed by atoms with van der Waals surface area (Å²) < 4.78 is 3.72.